The minimum absolute atomic E-state index is 0.0347. The summed E-state index contributed by atoms with van der Waals surface area (Å²) in [7, 11) is -4.03. The van der Waals surface area contributed by atoms with Gasteiger partial charge in [0.1, 0.15) is 29.3 Å². The Morgan fingerprint density at radius 1 is 1.41 bits per heavy atom. The van der Waals surface area contributed by atoms with Gasteiger partial charge in [-0.2, -0.15) is 4.98 Å². The minimum Gasteiger partial charge on any atom is -0.404 e. The van der Waals surface area contributed by atoms with Crippen LogP contribution in [0.4, 0.5) is 5.82 Å². The van der Waals surface area contributed by atoms with Crippen molar-refractivity contribution in [1.82, 2.24) is 9.55 Å². The molecule has 4 rings (SSSR count). The monoisotopic (exact) mass is 420 g/mol. The summed E-state index contributed by atoms with van der Waals surface area (Å²) in [6.45, 7) is 1.38. The topological polar surface area (TPSA) is 164 Å². The number of phosphoric acid groups is 1. The van der Waals surface area contributed by atoms with Crippen molar-refractivity contribution in [3.05, 3.63) is 63.5 Å². The van der Waals surface area contributed by atoms with Gasteiger partial charge in [0.2, 0.25) is 0 Å². The molecule has 1 aromatic carbocycles. The number of fused-ring (bicyclic) bond motifs is 1. The lowest BCUT2D eigenvalue weighted by Gasteiger charge is -2.35. The fraction of sp³-hybridized carbons (Fsp3) is 0.375. The van der Waals surface area contributed by atoms with E-state index in [1.165, 1.54) is 19.2 Å². The van der Waals surface area contributed by atoms with Gasteiger partial charge in [-0.3, -0.25) is 13.6 Å². The number of nitrogen functional groups attached to an aromatic ring is 1. The number of anilines is 1. The van der Waals surface area contributed by atoms with E-state index < -0.39 is 37.5 Å². The molecular formula is C16H17N6O6P. The number of aromatic nitrogens is 2. The van der Waals surface area contributed by atoms with Crippen LogP contribution in [-0.2, 0) is 18.3 Å². The first-order valence-electron chi connectivity index (χ1n) is 8.59. The van der Waals surface area contributed by atoms with Crippen molar-refractivity contribution in [2.75, 3.05) is 12.3 Å². The predicted octanol–water partition coefficient (Wildman–Crippen LogP) is 2.39. The zero-order chi connectivity index (χ0) is 20.6. The van der Waals surface area contributed by atoms with Crippen LogP contribution in [0.25, 0.3) is 10.4 Å². The third-order valence-corrected chi connectivity index (χ3v) is 6.07. The van der Waals surface area contributed by atoms with Gasteiger partial charge in [0.15, 0.2) is 6.23 Å². The van der Waals surface area contributed by atoms with Crippen molar-refractivity contribution in [2.45, 2.75) is 30.9 Å². The smallest absolute Gasteiger partial charge is 0.404 e. The SMILES string of the molecule is C[C@@]1(N=[N+]=[N-])[C@@H]2OP(=O)(Oc3ccccc3)OC[C@H]2O[C@H]1n1ccc(N)nc1=O. The summed E-state index contributed by atoms with van der Waals surface area (Å²) in [5.74, 6) is 0.321. The highest BCUT2D eigenvalue weighted by Crippen LogP contribution is 2.59. The van der Waals surface area contributed by atoms with Crippen LogP contribution < -0.4 is 15.9 Å². The van der Waals surface area contributed by atoms with Crippen LogP contribution in [0.3, 0.4) is 0 Å². The van der Waals surface area contributed by atoms with E-state index in [0.717, 1.165) is 4.57 Å². The van der Waals surface area contributed by atoms with Gasteiger partial charge in [0.05, 0.1) is 6.61 Å². The zero-order valence-electron chi connectivity index (χ0n) is 15.2. The largest absolute Gasteiger partial charge is 0.530 e. The highest BCUT2D eigenvalue weighted by Gasteiger charge is 2.61. The van der Waals surface area contributed by atoms with E-state index in [2.05, 4.69) is 15.0 Å². The Hall–Kier alpha value is -2.88. The molecule has 12 nitrogen and oxygen atoms in total. The van der Waals surface area contributed by atoms with E-state index in [4.69, 9.17) is 29.6 Å². The van der Waals surface area contributed by atoms with Crippen LogP contribution in [0.2, 0.25) is 0 Å². The lowest BCUT2D eigenvalue weighted by atomic mass is 9.93. The van der Waals surface area contributed by atoms with Crippen LogP contribution >= 0.6 is 7.82 Å². The number of nitrogens with zero attached hydrogens (tertiary/aromatic N) is 5. The second-order valence-corrected chi connectivity index (χ2v) is 8.20. The first kappa shape index (κ1) is 19.4. The Labute approximate surface area is 164 Å². The molecule has 152 valence electrons. The summed E-state index contributed by atoms with van der Waals surface area (Å²) in [6.07, 6.45) is -1.47. The van der Waals surface area contributed by atoms with E-state index in [-0.39, 0.29) is 18.2 Å². The Bertz CT molecular complexity index is 1070. The molecule has 2 aliphatic rings. The fourth-order valence-corrected chi connectivity index (χ4v) is 4.83. The van der Waals surface area contributed by atoms with Crippen molar-refractivity contribution in [3.63, 3.8) is 0 Å². The molecule has 29 heavy (non-hydrogen) atoms. The fourth-order valence-electron chi connectivity index (χ4n) is 3.34. The van der Waals surface area contributed by atoms with Gasteiger partial charge in [-0.05, 0) is 30.7 Å². The number of phosphoric ester groups is 1. The third-order valence-electron chi connectivity index (χ3n) is 4.68. The number of hydrogen-bond acceptors (Lipinski definition) is 9. The van der Waals surface area contributed by atoms with Crippen LogP contribution in [0, 0.1) is 0 Å². The predicted molar refractivity (Wildman–Crippen MR) is 99.9 cm³/mol. The lowest BCUT2D eigenvalue weighted by molar-refractivity contribution is -0.0668. The second-order valence-electron chi connectivity index (χ2n) is 6.66. The van der Waals surface area contributed by atoms with Crippen molar-refractivity contribution in [1.29, 1.82) is 0 Å². The quantitative estimate of drug-likeness (QED) is 0.341. The average molecular weight is 420 g/mol. The molecule has 2 fully saturated rings. The van der Waals surface area contributed by atoms with Crippen LogP contribution in [0.1, 0.15) is 13.2 Å². The number of rotatable bonds is 4. The van der Waals surface area contributed by atoms with E-state index in [0.29, 0.717) is 0 Å². The summed E-state index contributed by atoms with van der Waals surface area (Å²) in [5, 5.41) is 3.81. The Morgan fingerprint density at radius 3 is 2.86 bits per heavy atom. The van der Waals surface area contributed by atoms with E-state index >= 15 is 0 Å². The van der Waals surface area contributed by atoms with Gasteiger partial charge in [-0.15, -0.1) is 0 Å². The maximum atomic E-state index is 13.0. The standard InChI is InChI=1S/C16H17N6O6P/c1-16(20-21-18)13-11(26-14(16)22-8-7-12(17)19-15(22)23)9-25-29(24,28-13)27-10-5-3-2-4-6-10/h2-8,11,13-14H,9H2,1H3,(H2,17,19,23)/t11-,13-,14-,16-,29?/m1/s1. The molecule has 1 unspecified atom stereocenters. The summed E-state index contributed by atoms with van der Waals surface area (Å²) in [4.78, 5) is 18.8. The highest BCUT2D eigenvalue weighted by atomic mass is 31.2. The number of benzene rings is 1. The van der Waals surface area contributed by atoms with Crippen molar-refractivity contribution >= 4 is 13.6 Å². The molecule has 2 aliphatic heterocycles. The Kier molecular flexibility index (Phi) is 4.81. The average Bonchev–Trinajstić information content (AvgIpc) is 2.94. The maximum absolute atomic E-state index is 13.0. The normalized spacial score (nSPS) is 33.5. The number of para-hydroxylation sites is 1. The van der Waals surface area contributed by atoms with E-state index in [1.54, 1.807) is 30.3 Å². The second kappa shape index (κ2) is 7.18. The molecule has 3 heterocycles. The molecule has 0 spiro atoms. The van der Waals surface area contributed by atoms with Crippen LogP contribution in [0.5, 0.6) is 5.75 Å². The first-order chi connectivity index (χ1) is 13.8. The Balaban J connectivity index is 1.68. The molecule has 0 aliphatic carbocycles. The molecule has 0 radical (unpaired) electrons. The molecule has 0 amide bonds. The summed E-state index contributed by atoms with van der Waals surface area (Å²) < 4.78 is 36.4. The summed E-state index contributed by atoms with van der Waals surface area (Å²) >= 11 is 0. The summed E-state index contributed by atoms with van der Waals surface area (Å²) in [5.41, 5.74) is 12.5. The van der Waals surface area contributed by atoms with Gasteiger partial charge in [0, 0.05) is 11.1 Å². The molecule has 2 aromatic rings. The summed E-state index contributed by atoms with van der Waals surface area (Å²) in [6, 6.07) is 9.77. The van der Waals surface area contributed by atoms with Gasteiger partial charge < -0.3 is 15.0 Å². The first-order valence-corrected chi connectivity index (χ1v) is 10.0. The minimum atomic E-state index is -4.03. The van der Waals surface area contributed by atoms with Crippen molar-refractivity contribution < 1.29 is 22.9 Å². The molecule has 1 aromatic heterocycles. The van der Waals surface area contributed by atoms with Gasteiger partial charge in [-0.25, -0.2) is 9.36 Å². The van der Waals surface area contributed by atoms with E-state index in [9.17, 15) is 9.36 Å². The zero-order valence-corrected chi connectivity index (χ0v) is 16.1. The number of azide groups is 1. The molecular weight excluding hydrogens is 403 g/mol. The van der Waals surface area contributed by atoms with Crippen LogP contribution in [0.15, 0.2) is 52.5 Å². The maximum Gasteiger partial charge on any atom is 0.530 e. The molecule has 5 atom stereocenters. The van der Waals surface area contributed by atoms with Crippen molar-refractivity contribution in [2.24, 2.45) is 5.11 Å². The third kappa shape index (κ3) is 3.48. The lowest BCUT2D eigenvalue weighted by Crippen LogP contribution is -2.47. The van der Waals surface area contributed by atoms with Crippen molar-refractivity contribution in [3.8, 4) is 5.75 Å². The molecule has 0 bridgehead atoms. The molecule has 13 heteroatoms. The van der Waals surface area contributed by atoms with Gasteiger partial charge in [-0.1, -0.05) is 23.3 Å². The number of ether oxygens (including phenoxy) is 1. The molecule has 0 saturated carbocycles. The van der Waals surface area contributed by atoms with E-state index in [1.807, 2.05) is 0 Å². The van der Waals surface area contributed by atoms with Crippen LogP contribution in [-0.4, -0.2) is 33.9 Å². The molecule has 2 saturated heterocycles. The highest BCUT2D eigenvalue weighted by molar-refractivity contribution is 7.49. The Morgan fingerprint density at radius 2 is 2.17 bits per heavy atom. The number of nitrogens with two attached hydrogens (primary N) is 1. The van der Waals surface area contributed by atoms with Gasteiger partial charge in [0.25, 0.3) is 0 Å². The van der Waals surface area contributed by atoms with Gasteiger partial charge >= 0.3 is 13.5 Å². The number of hydrogen-bond donors (Lipinski definition) is 1. The molecule has 2 N–H and O–H groups in total.